The van der Waals surface area contributed by atoms with Crippen molar-refractivity contribution in [1.29, 1.82) is 10.5 Å². The van der Waals surface area contributed by atoms with Crippen molar-refractivity contribution in [2.75, 3.05) is 5.08 Å². The molecule has 0 aliphatic carbocycles. The fourth-order valence-corrected chi connectivity index (χ4v) is 12.4. The first-order valence-corrected chi connectivity index (χ1v) is 12.9. The second kappa shape index (κ2) is 8.52. The topological polar surface area (TPSA) is 47.6 Å². The molecule has 0 spiro atoms. The minimum Gasteiger partial charge on any atom is -0.197 e. The Balaban J connectivity index is 2.32. The Labute approximate surface area is 191 Å². The third-order valence-electron chi connectivity index (χ3n) is 4.60. The van der Waals surface area contributed by atoms with E-state index in [1.807, 2.05) is 63.4 Å². The smallest absolute Gasteiger partial charge is 0.116 e. The SMILES string of the molecule is CC(C)(C#N)S[C@]1(c2ccccc2)SCS[C@@]1(SC(C)(C)C#N)c1ccccc1. The minimum absolute atomic E-state index is 0.418. The summed E-state index contributed by atoms with van der Waals surface area (Å²) in [5.74, 6) is 0. The van der Waals surface area contributed by atoms with E-state index in [-0.39, 0.29) is 0 Å². The lowest BCUT2D eigenvalue weighted by atomic mass is 10.0. The number of nitriles is 2. The van der Waals surface area contributed by atoms with Gasteiger partial charge in [-0.05, 0) is 38.8 Å². The molecular weight excluding hydrogens is 433 g/mol. The average Bonchev–Trinajstić information content (AvgIpc) is 3.08. The van der Waals surface area contributed by atoms with Crippen molar-refractivity contribution >= 4 is 47.0 Å². The maximum Gasteiger partial charge on any atom is 0.116 e. The molecule has 150 valence electrons. The summed E-state index contributed by atoms with van der Waals surface area (Å²) in [6.07, 6.45) is 0. The lowest BCUT2D eigenvalue weighted by Crippen LogP contribution is -2.42. The van der Waals surface area contributed by atoms with Gasteiger partial charge in [-0.2, -0.15) is 10.5 Å². The largest absolute Gasteiger partial charge is 0.197 e. The van der Waals surface area contributed by atoms with Crippen molar-refractivity contribution in [2.24, 2.45) is 0 Å². The van der Waals surface area contributed by atoms with Crippen molar-refractivity contribution in [2.45, 2.75) is 45.3 Å². The number of rotatable bonds is 6. The quantitative estimate of drug-likeness (QED) is 0.458. The average molecular weight is 457 g/mol. The van der Waals surface area contributed by atoms with Crippen LogP contribution in [0.1, 0.15) is 38.8 Å². The Bertz CT molecular complexity index is 853. The monoisotopic (exact) mass is 456 g/mol. The molecule has 2 nitrogen and oxygen atoms in total. The van der Waals surface area contributed by atoms with Crippen molar-refractivity contribution in [3.05, 3.63) is 71.8 Å². The molecule has 1 saturated heterocycles. The molecule has 3 rings (SSSR count). The lowest BCUT2D eigenvalue weighted by Gasteiger charge is -2.48. The van der Waals surface area contributed by atoms with Crippen molar-refractivity contribution in [1.82, 2.24) is 0 Å². The van der Waals surface area contributed by atoms with E-state index in [9.17, 15) is 10.5 Å². The standard InChI is InChI=1S/C23H24N2S4/c1-20(2,15-24)28-22(18-11-7-5-8-12-18)23(27-17-26-22,29-21(3,4)16-25)19-13-9-6-10-14-19/h5-14H,17H2,1-4H3/t22-,23+. The summed E-state index contributed by atoms with van der Waals surface area (Å²) in [6.45, 7) is 7.95. The van der Waals surface area contributed by atoms with Crippen LogP contribution in [0.2, 0.25) is 0 Å². The lowest BCUT2D eigenvalue weighted by molar-refractivity contribution is 0.757. The van der Waals surface area contributed by atoms with Crippen molar-refractivity contribution in [3.63, 3.8) is 0 Å². The maximum absolute atomic E-state index is 9.89. The number of thioether (sulfide) groups is 4. The molecule has 0 amide bonds. The second-order valence-corrected chi connectivity index (χ2v) is 14.8. The molecule has 0 bridgehead atoms. The van der Waals surface area contributed by atoms with Gasteiger partial charge in [-0.15, -0.1) is 47.0 Å². The van der Waals surface area contributed by atoms with Crippen molar-refractivity contribution < 1.29 is 0 Å². The summed E-state index contributed by atoms with van der Waals surface area (Å²) in [5, 5.41) is 20.7. The van der Waals surface area contributed by atoms with E-state index in [2.05, 4.69) is 60.7 Å². The van der Waals surface area contributed by atoms with E-state index in [1.54, 1.807) is 23.5 Å². The van der Waals surface area contributed by atoms with E-state index in [1.165, 1.54) is 11.1 Å². The third-order valence-corrected chi connectivity index (χ3v) is 12.0. The van der Waals surface area contributed by atoms with Crippen LogP contribution in [-0.2, 0) is 8.16 Å². The highest BCUT2D eigenvalue weighted by atomic mass is 32.3. The Kier molecular flexibility index (Phi) is 6.61. The van der Waals surface area contributed by atoms with Crippen LogP contribution in [0.15, 0.2) is 60.7 Å². The summed E-state index contributed by atoms with van der Waals surface area (Å²) in [7, 11) is 0. The van der Waals surface area contributed by atoms with Crippen LogP contribution in [-0.4, -0.2) is 14.6 Å². The highest BCUT2D eigenvalue weighted by Crippen LogP contribution is 2.76. The number of hydrogen-bond acceptors (Lipinski definition) is 6. The van der Waals surface area contributed by atoms with Gasteiger partial charge in [0.05, 0.1) is 21.6 Å². The molecule has 29 heavy (non-hydrogen) atoms. The van der Waals surface area contributed by atoms with Crippen LogP contribution in [0.3, 0.4) is 0 Å². The van der Waals surface area contributed by atoms with Gasteiger partial charge in [0.2, 0.25) is 0 Å². The van der Waals surface area contributed by atoms with Crippen LogP contribution in [0.5, 0.6) is 0 Å². The van der Waals surface area contributed by atoms with E-state index >= 15 is 0 Å². The number of hydrogen-bond donors (Lipinski definition) is 0. The first kappa shape index (κ1) is 22.5. The van der Waals surface area contributed by atoms with Crippen LogP contribution in [0, 0.1) is 22.7 Å². The molecule has 1 heterocycles. The molecule has 2 aromatic rings. The molecule has 1 aliphatic heterocycles. The minimum atomic E-state index is -0.578. The molecule has 0 unspecified atom stereocenters. The van der Waals surface area contributed by atoms with E-state index in [0.29, 0.717) is 0 Å². The van der Waals surface area contributed by atoms with E-state index in [0.717, 1.165) is 5.08 Å². The van der Waals surface area contributed by atoms with Gasteiger partial charge in [-0.25, -0.2) is 0 Å². The molecule has 0 aromatic heterocycles. The Morgan fingerprint density at radius 3 is 1.38 bits per heavy atom. The Hall–Kier alpha value is -1.18. The predicted octanol–water partition coefficient (Wildman–Crippen LogP) is 7.20. The molecule has 1 fully saturated rings. The predicted molar refractivity (Wildman–Crippen MR) is 131 cm³/mol. The zero-order valence-electron chi connectivity index (χ0n) is 17.0. The summed E-state index contributed by atoms with van der Waals surface area (Å²) >= 11 is 7.19. The summed E-state index contributed by atoms with van der Waals surface area (Å²) < 4.78 is -1.99. The fourth-order valence-electron chi connectivity index (χ4n) is 3.32. The first-order chi connectivity index (χ1) is 13.7. The third kappa shape index (κ3) is 4.32. The Morgan fingerprint density at radius 1 is 0.724 bits per heavy atom. The first-order valence-electron chi connectivity index (χ1n) is 9.32. The van der Waals surface area contributed by atoms with Gasteiger partial charge in [0, 0.05) is 5.08 Å². The number of benzene rings is 2. The molecule has 0 saturated carbocycles. The normalized spacial score (nSPS) is 24.6. The molecule has 0 N–H and O–H groups in total. The summed E-state index contributed by atoms with van der Waals surface area (Å²) in [4.78, 5) is 0. The van der Waals surface area contributed by atoms with Gasteiger partial charge in [0.1, 0.15) is 8.16 Å². The van der Waals surface area contributed by atoms with Gasteiger partial charge >= 0.3 is 0 Å². The van der Waals surface area contributed by atoms with Gasteiger partial charge in [0.25, 0.3) is 0 Å². The number of nitrogens with zero attached hydrogens (tertiary/aromatic N) is 2. The van der Waals surface area contributed by atoms with Crippen LogP contribution in [0.4, 0.5) is 0 Å². The molecular formula is C23H24N2S4. The summed E-state index contributed by atoms with van der Waals surface area (Å²) in [6, 6.07) is 26.0. The second-order valence-electron chi connectivity index (χ2n) is 7.82. The van der Waals surface area contributed by atoms with E-state index < -0.39 is 17.7 Å². The highest BCUT2D eigenvalue weighted by molar-refractivity contribution is 8.33. The van der Waals surface area contributed by atoms with E-state index in [4.69, 9.17) is 0 Å². The zero-order valence-corrected chi connectivity index (χ0v) is 20.3. The van der Waals surface area contributed by atoms with Crippen LogP contribution >= 0.6 is 47.0 Å². The van der Waals surface area contributed by atoms with Crippen LogP contribution in [0.25, 0.3) is 0 Å². The van der Waals surface area contributed by atoms with Crippen LogP contribution < -0.4 is 0 Å². The fraction of sp³-hybridized carbons (Fsp3) is 0.391. The maximum atomic E-state index is 9.89. The molecule has 0 radical (unpaired) electrons. The van der Waals surface area contributed by atoms with Gasteiger partial charge in [-0.3, -0.25) is 0 Å². The molecule has 1 aliphatic rings. The highest BCUT2D eigenvalue weighted by Gasteiger charge is 2.63. The molecule has 6 heteroatoms. The summed E-state index contributed by atoms with van der Waals surface area (Å²) in [5.41, 5.74) is 2.38. The zero-order chi connectivity index (χ0) is 21.2. The van der Waals surface area contributed by atoms with Gasteiger partial charge in [0.15, 0.2) is 0 Å². The Morgan fingerprint density at radius 2 is 1.07 bits per heavy atom. The van der Waals surface area contributed by atoms with Gasteiger partial charge in [-0.1, -0.05) is 60.7 Å². The van der Waals surface area contributed by atoms with Crippen molar-refractivity contribution in [3.8, 4) is 12.1 Å². The molecule has 2 aromatic carbocycles. The molecule has 2 atom stereocenters. The van der Waals surface area contributed by atoms with Gasteiger partial charge < -0.3 is 0 Å².